The molecule has 0 spiro atoms. The van der Waals surface area contributed by atoms with Crippen molar-refractivity contribution in [2.75, 3.05) is 11.5 Å². The van der Waals surface area contributed by atoms with Gasteiger partial charge in [0.2, 0.25) is 5.91 Å². The average molecular weight is 415 g/mol. The Morgan fingerprint density at radius 1 is 1.21 bits per heavy atom. The van der Waals surface area contributed by atoms with Crippen molar-refractivity contribution in [3.05, 3.63) is 71.2 Å². The van der Waals surface area contributed by atoms with Crippen LogP contribution >= 0.6 is 0 Å². The number of nitrogens with zero attached hydrogens (tertiary/aromatic N) is 1. The minimum Gasteiger partial charge on any atom is -0.464 e. The monoisotopic (exact) mass is 415 g/mol. The molecule has 29 heavy (non-hydrogen) atoms. The molecule has 0 N–H and O–H groups in total. The maximum atomic E-state index is 13.2. The maximum Gasteiger partial charge on any atom is 0.227 e. The van der Waals surface area contributed by atoms with E-state index in [0.717, 1.165) is 27.7 Å². The zero-order valence-corrected chi connectivity index (χ0v) is 16.9. The fraction of sp³-hybridized carbons (Fsp3) is 0.318. The van der Waals surface area contributed by atoms with Crippen LogP contribution in [0.1, 0.15) is 23.1 Å². The zero-order valence-electron chi connectivity index (χ0n) is 16.1. The Morgan fingerprint density at radius 3 is 2.66 bits per heavy atom. The van der Waals surface area contributed by atoms with Gasteiger partial charge in [-0.1, -0.05) is 24.3 Å². The molecule has 3 aromatic rings. The summed E-state index contributed by atoms with van der Waals surface area (Å²) in [5.74, 6) is -0.473. The average Bonchev–Trinajstić information content (AvgIpc) is 3.23. The molecule has 7 heteroatoms. The summed E-state index contributed by atoms with van der Waals surface area (Å²) >= 11 is 0. The number of furan rings is 1. The van der Waals surface area contributed by atoms with E-state index in [1.165, 1.54) is 12.1 Å². The third-order valence-corrected chi connectivity index (χ3v) is 7.14. The predicted molar refractivity (Wildman–Crippen MR) is 109 cm³/mol. The summed E-state index contributed by atoms with van der Waals surface area (Å²) in [5.41, 5.74) is 3.33. The van der Waals surface area contributed by atoms with Crippen LogP contribution in [-0.2, 0) is 27.6 Å². The Kier molecular flexibility index (Phi) is 5.17. The molecular weight excluding hydrogens is 393 g/mol. The first-order chi connectivity index (χ1) is 13.8. The van der Waals surface area contributed by atoms with Gasteiger partial charge in [-0.2, -0.15) is 0 Å². The van der Waals surface area contributed by atoms with Gasteiger partial charge in [0, 0.05) is 23.5 Å². The molecule has 152 valence electrons. The van der Waals surface area contributed by atoms with Crippen LogP contribution in [0.3, 0.4) is 0 Å². The summed E-state index contributed by atoms with van der Waals surface area (Å²) in [6.07, 6.45) is 2.12. The summed E-state index contributed by atoms with van der Waals surface area (Å²) in [7, 11) is -3.15. The van der Waals surface area contributed by atoms with Gasteiger partial charge in [-0.05, 0) is 42.7 Å². The number of carbonyl (C=O) groups excluding carboxylic acids is 1. The molecule has 0 radical (unpaired) electrons. The second-order valence-electron chi connectivity index (χ2n) is 7.64. The van der Waals surface area contributed by atoms with E-state index in [2.05, 4.69) is 0 Å². The lowest BCUT2D eigenvalue weighted by atomic mass is 10.1. The fourth-order valence-corrected chi connectivity index (χ4v) is 5.55. The molecule has 1 aliphatic heterocycles. The molecule has 1 fully saturated rings. The van der Waals surface area contributed by atoms with E-state index < -0.39 is 9.84 Å². The van der Waals surface area contributed by atoms with E-state index in [1.54, 1.807) is 23.3 Å². The molecule has 4 rings (SSSR count). The van der Waals surface area contributed by atoms with Crippen LogP contribution in [0.2, 0.25) is 0 Å². The molecule has 2 aromatic carbocycles. The number of halogens is 1. The van der Waals surface area contributed by atoms with E-state index in [1.807, 2.05) is 25.1 Å². The third-order valence-electron chi connectivity index (χ3n) is 5.39. The Bertz CT molecular complexity index is 1150. The Labute approximate surface area is 169 Å². The smallest absolute Gasteiger partial charge is 0.227 e. The number of sulfone groups is 1. The molecule has 0 aliphatic carbocycles. The number of hydrogen-bond acceptors (Lipinski definition) is 4. The van der Waals surface area contributed by atoms with Gasteiger partial charge in [-0.25, -0.2) is 12.8 Å². The van der Waals surface area contributed by atoms with Crippen molar-refractivity contribution in [3.8, 4) is 0 Å². The zero-order chi connectivity index (χ0) is 20.6. The van der Waals surface area contributed by atoms with E-state index in [9.17, 15) is 17.6 Å². The fourth-order valence-electron chi connectivity index (χ4n) is 3.82. The lowest BCUT2D eigenvalue weighted by Gasteiger charge is -2.28. The summed E-state index contributed by atoms with van der Waals surface area (Å²) in [6, 6.07) is 11.4. The second-order valence-corrected chi connectivity index (χ2v) is 9.87. The van der Waals surface area contributed by atoms with Gasteiger partial charge in [-0.3, -0.25) is 4.79 Å². The van der Waals surface area contributed by atoms with Gasteiger partial charge in [-0.15, -0.1) is 0 Å². The first-order valence-electron chi connectivity index (χ1n) is 9.52. The highest BCUT2D eigenvalue weighted by Gasteiger charge is 2.34. The van der Waals surface area contributed by atoms with Crippen molar-refractivity contribution in [2.24, 2.45) is 0 Å². The van der Waals surface area contributed by atoms with Gasteiger partial charge in [0.15, 0.2) is 9.84 Å². The Morgan fingerprint density at radius 2 is 1.97 bits per heavy atom. The SMILES string of the molecule is Cc1ccc2c(CC(=O)N(Cc3ccc(F)cc3)C3CCS(=O)(=O)C3)coc2c1. The van der Waals surface area contributed by atoms with Crippen molar-refractivity contribution < 1.29 is 22.0 Å². The number of amides is 1. The van der Waals surface area contributed by atoms with Gasteiger partial charge in [0.25, 0.3) is 0 Å². The first kappa shape index (κ1) is 19.6. The van der Waals surface area contributed by atoms with Crippen molar-refractivity contribution in [1.82, 2.24) is 4.90 Å². The van der Waals surface area contributed by atoms with Crippen LogP contribution in [0.4, 0.5) is 4.39 Å². The maximum absolute atomic E-state index is 13.2. The predicted octanol–water partition coefficient (Wildman–Crippen LogP) is 3.64. The largest absolute Gasteiger partial charge is 0.464 e. The molecule has 0 bridgehead atoms. The van der Waals surface area contributed by atoms with E-state index in [-0.39, 0.29) is 42.2 Å². The molecule has 1 unspecified atom stereocenters. The van der Waals surface area contributed by atoms with Crippen LogP contribution in [0.5, 0.6) is 0 Å². The standard InChI is InChI=1S/C22H22FNO4S/c1-15-2-7-20-17(13-28-21(20)10-15)11-22(25)24(19-8-9-29(26,27)14-19)12-16-3-5-18(23)6-4-16/h2-7,10,13,19H,8-9,11-12,14H2,1H3. The Hall–Kier alpha value is -2.67. The summed E-state index contributed by atoms with van der Waals surface area (Å²) in [6.45, 7) is 2.21. The summed E-state index contributed by atoms with van der Waals surface area (Å²) in [5, 5.41) is 0.879. The van der Waals surface area contributed by atoms with E-state index in [0.29, 0.717) is 6.42 Å². The van der Waals surface area contributed by atoms with Gasteiger partial charge < -0.3 is 9.32 Å². The van der Waals surface area contributed by atoms with Gasteiger partial charge in [0.1, 0.15) is 11.4 Å². The van der Waals surface area contributed by atoms with Crippen LogP contribution in [0.15, 0.2) is 53.1 Å². The van der Waals surface area contributed by atoms with Crippen molar-refractivity contribution in [3.63, 3.8) is 0 Å². The molecule has 1 aliphatic rings. The molecule has 1 aromatic heterocycles. The molecule has 1 saturated heterocycles. The molecule has 1 amide bonds. The topological polar surface area (TPSA) is 67.6 Å². The second kappa shape index (κ2) is 7.63. The van der Waals surface area contributed by atoms with Crippen molar-refractivity contribution >= 4 is 26.7 Å². The number of aryl methyl sites for hydroxylation is 1. The van der Waals surface area contributed by atoms with Crippen LogP contribution in [0.25, 0.3) is 11.0 Å². The van der Waals surface area contributed by atoms with Crippen LogP contribution < -0.4 is 0 Å². The highest BCUT2D eigenvalue weighted by Crippen LogP contribution is 2.25. The normalized spacial score (nSPS) is 18.2. The highest BCUT2D eigenvalue weighted by atomic mass is 32.2. The van der Waals surface area contributed by atoms with E-state index in [4.69, 9.17) is 4.42 Å². The summed E-state index contributed by atoms with van der Waals surface area (Å²) < 4.78 is 42.8. The quantitative estimate of drug-likeness (QED) is 0.638. The highest BCUT2D eigenvalue weighted by molar-refractivity contribution is 7.91. The Balaban J connectivity index is 1.60. The lowest BCUT2D eigenvalue weighted by Crippen LogP contribution is -2.41. The molecular formula is C22H22FNO4S. The van der Waals surface area contributed by atoms with Crippen LogP contribution in [0, 0.1) is 12.7 Å². The van der Waals surface area contributed by atoms with Crippen LogP contribution in [-0.4, -0.2) is 36.8 Å². The van der Waals surface area contributed by atoms with Gasteiger partial charge in [0.05, 0.1) is 24.2 Å². The van der Waals surface area contributed by atoms with Crippen molar-refractivity contribution in [2.45, 2.75) is 32.4 Å². The summed E-state index contributed by atoms with van der Waals surface area (Å²) in [4.78, 5) is 14.8. The number of hydrogen-bond donors (Lipinski definition) is 0. The number of benzene rings is 2. The van der Waals surface area contributed by atoms with Gasteiger partial charge >= 0.3 is 0 Å². The van der Waals surface area contributed by atoms with Crippen molar-refractivity contribution in [1.29, 1.82) is 0 Å². The lowest BCUT2D eigenvalue weighted by molar-refractivity contribution is -0.133. The number of carbonyl (C=O) groups is 1. The molecule has 5 nitrogen and oxygen atoms in total. The number of rotatable bonds is 5. The minimum absolute atomic E-state index is 0.0364. The first-order valence-corrected chi connectivity index (χ1v) is 11.3. The molecule has 0 saturated carbocycles. The number of fused-ring (bicyclic) bond motifs is 1. The molecule has 1 atom stereocenters. The third kappa shape index (κ3) is 4.34. The van der Waals surface area contributed by atoms with E-state index >= 15 is 0 Å². The minimum atomic E-state index is -3.15. The molecule has 2 heterocycles.